The van der Waals surface area contributed by atoms with Crippen LogP contribution in [0.3, 0.4) is 0 Å². The predicted octanol–water partition coefficient (Wildman–Crippen LogP) is 4.66. The number of aromatic nitrogens is 2. The van der Waals surface area contributed by atoms with Gasteiger partial charge in [-0.05, 0) is 62.1 Å². The standard InChI is InChI=1S/C18H20N2/c1-7-15-9-11(3)19-17(13(15)5)18-14(6)16(8-2)10-12(4)20-18/h7-10H,1-2H2,3-6H3. The first-order valence-electron chi connectivity index (χ1n) is 6.69. The Balaban J connectivity index is 2.81. The molecule has 0 radical (unpaired) electrons. The van der Waals surface area contributed by atoms with Crippen molar-refractivity contribution in [3.63, 3.8) is 0 Å². The zero-order chi connectivity index (χ0) is 14.9. The lowest BCUT2D eigenvalue weighted by atomic mass is 9.99. The summed E-state index contributed by atoms with van der Waals surface area (Å²) in [5.74, 6) is 0. The van der Waals surface area contributed by atoms with Crippen LogP contribution >= 0.6 is 0 Å². The first kappa shape index (κ1) is 14.2. The Morgan fingerprint density at radius 2 is 1.10 bits per heavy atom. The fraction of sp³-hybridized carbons (Fsp3) is 0.222. The van der Waals surface area contributed by atoms with Gasteiger partial charge in [-0.3, -0.25) is 9.97 Å². The molecule has 0 aliphatic rings. The zero-order valence-corrected chi connectivity index (χ0v) is 12.6. The maximum Gasteiger partial charge on any atom is 0.0927 e. The minimum Gasteiger partial charge on any atom is -0.251 e. The smallest absolute Gasteiger partial charge is 0.0927 e. The van der Waals surface area contributed by atoms with Gasteiger partial charge < -0.3 is 0 Å². The van der Waals surface area contributed by atoms with E-state index in [1.165, 1.54) is 0 Å². The van der Waals surface area contributed by atoms with Crippen LogP contribution in [0.25, 0.3) is 23.5 Å². The number of pyridine rings is 2. The van der Waals surface area contributed by atoms with Crippen LogP contribution in [0, 0.1) is 27.7 Å². The summed E-state index contributed by atoms with van der Waals surface area (Å²) in [5, 5.41) is 0. The van der Waals surface area contributed by atoms with Gasteiger partial charge >= 0.3 is 0 Å². The lowest BCUT2D eigenvalue weighted by Crippen LogP contribution is -2.01. The molecule has 2 heteroatoms. The summed E-state index contributed by atoms with van der Waals surface area (Å²) in [5.41, 5.74) is 8.26. The van der Waals surface area contributed by atoms with E-state index in [9.17, 15) is 0 Å². The lowest BCUT2D eigenvalue weighted by molar-refractivity contribution is 1.10. The van der Waals surface area contributed by atoms with E-state index in [0.29, 0.717) is 0 Å². The Morgan fingerprint density at radius 3 is 1.40 bits per heavy atom. The first-order valence-corrected chi connectivity index (χ1v) is 6.69. The zero-order valence-electron chi connectivity index (χ0n) is 12.6. The molecule has 0 aliphatic heterocycles. The Morgan fingerprint density at radius 1 is 0.750 bits per heavy atom. The highest BCUT2D eigenvalue weighted by atomic mass is 14.8. The number of hydrogen-bond acceptors (Lipinski definition) is 2. The summed E-state index contributed by atoms with van der Waals surface area (Å²) >= 11 is 0. The van der Waals surface area contributed by atoms with Gasteiger partial charge in [-0.15, -0.1) is 0 Å². The van der Waals surface area contributed by atoms with Crippen molar-refractivity contribution in [2.75, 3.05) is 0 Å². The van der Waals surface area contributed by atoms with Gasteiger partial charge in [-0.1, -0.05) is 25.3 Å². The van der Waals surface area contributed by atoms with E-state index in [2.05, 4.69) is 37.0 Å². The van der Waals surface area contributed by atoms with Crippen LogP contribution < -0.4 is 0 Å². The fourth-order valence-corrected chi connectivity index (χ4v) is 2.41. The van der Waals surface area contributed by atoms with E-state index in [1.54, 1.807) is 0 Å². The molecule has 0 unspecified atom stereocenters. The van der Waals surface area contributed by atoms with Crippen molar-refractivity contribution < 1.29 is 0 Å². The minimum absolute atomic E-state index is 0.934. The normalized spacial score (nSPS) is 10.4. The molecule has 0 aliphatic carbocycles. The van der Waals surface area contributed by atoms with Gasteiger partial charge in [0.25, 0.3) is 0 Å². The van der Waals surface area contributed by atoms with Crippen LogP contribution in [0.4, 0.5) is 0 Å². The fourth-order valence-electron chi connectivity index (χ4n) is 2.41. The molecule has 0 bridgehead atoms. The van der Waals surface area contributed by atoms with Crippen molar-refractivity contribution in [3.05, 3.63) is 58.9 Å². The van der Waals surface area contributed by atoms with Gasteiger partial charge in [-0.25, -0.2) is 0 Å². The van der Waals surface area contributed by atoms with E-state index >= 15 is 0 Å². The van der Waals surface area contributed by atoms with Gasteiger partial charge in [0, 0.05) is 11.4 Å². The Hall–Kier alpha value is -2.22. The second-order valence-corrected chi connectivity index (χ2v) is 5.06. The topological polar surface area (TPSA) is 25.8 Å². The molecule has 2 heterocycles. The van der Waals surface area contributed by atoms with Gasteiger partial charge in [0.15, 0.2) is 0 Å². The number of aryl methyl sites for hydroxylation is 2. The molecule has 0 N–H and O–H groups in total. The molecule has 2 rings (SSSR count). The Labute approximate surface area is 120 Å². The van der Waals surface area contributed by atoms with Crippen molar-refractivity contribution in [2.45, 2.75) is 27.7 Å². The third kappa shape index (κ3) is 2.42. The van der Waals surface area contributed by atoms with E-state index < -0.39 is 0 Å². The van der Waals surface area contributed by atoms with Gasteiger partial charge in [0.05, 0.1) is 11.4 Å². The van der Waals surface area contributed by atoms with Gasteiger partial charge in [-0.2, -0.15) is 0 Å². The second-order valence-electron chi connectivity index (χ2n) is 5.06. The molecule has 102 valence electrons. The SMILES string of the molecule is C=Cc1cc(C)nc(-c2nc(C)cc(C=C)c2C)c1C. The Bertz CT molecular complexity index is 636. The van der Waals surface area contributed by atoms with E-state index in [1.807, 2.05) is 38.1 Å². The van der Waals surface area contributed by atoms with E-state index in [4.69, 9.17) is 0 Å². The van der Waals surface area contributed by atoms with Crippen molar-refractivity contribution >= 4 is 12.2 Å². The highest BCUT2D eigenvalue weighted by Gasteiger charge is 2.14. The summed E-state index contributed by atoms with van der Waals surface area (Å²) in [6, 6.07) is 4.09. The summed E-state index contributed by atoms with van der Waals surface area (Å²) in [7, 11) is 0. The van der Waals surface area contributed by atoms with Gasteiger partial charge in [0.2, 0.25) is 0 Å². The summed E-state index contributed by atoms with van der Waals surface area (Å²) in [4.78, 5) is 9.37. The first-order chi connectivity index (χ1) is 9.47. The third-order valence-corrected chi connectivity index (χ3v) is 3.55. The third-order valence-electron chi connectivity index (χ3n) is 3.55. The number of rotatable bonds is 3. The molecule has 0 atom stereocenters. The molecule has 2 aromatic rings. The van der Waals surface area contributed by atoms with Crippen molar-refractivity contribution in [2.24, 2.45) is 0 Å². The molecule has 2 aromatic heterocycles. The maximum atomic E-state index is 4.68. The van der Waals surface area contributed by atoms with Crippen molar-refractivity contribution in [1.29, 1.82) is 0 Å². The average molecular weight is 264 g/mol. The predicted molar refractivity (Wildman–Crippen MR) is 86.6 cm³/mol. The molecule has 0 spiro atoms. The monoisotopic (exact) mass is 264 g/mol. The maximum absolute atomic E-state index is 4.68. The summed E-state index contributed by atoms with van der Waals surface area (Å²) in [6.45, 7) is 15.9. The lowest BCUT2D eigenvalue weighted by Gasteiger charge is -2.14. The summed E-state index contributed by atoms with van der Waals surface area (Å²) < 4.78 is 0. The van der Waals surface area contributed by atoms with Crippen LogP contribution in [-0.4, -0.2) is 9.97 Å². The molecule has 0 saturated carbocycles. The number of hydrogen-bond donors (Lipinski definition) is 0. The quantitative estimate of drug-likeness (QED) is 0.805. The molecule has 2 nitrogen and oxygen atoms in total. The average Bonchev–Trinajstić information content (AvgIpc) is 2.43. The Kier molecular flexibility index (Phi) is 3.84. The molecule has 20 heavy (non-hydrogen) atoms. The molecular weight excluding hydrogens is 244 g/mol. The highest BCUT2D eigenvalue weighted by molar-refractivity contribution is 5.72. The molecule has 0 amide bonds. The van der Waals surface area contributed by atoms with Crippen molar-refractivity contribution in [3.8, 4) is 11.4 Å². The highest BCUT2D eigenvalue weighted by Crippen LogP contribution is 2.28. The van der Waals surface area contributed by atoms with Crippen LogP contribution in [0.15, 0.2) is 25.3 Å². The molecule has 0 aromatic carbocycles. The van der Waals surface area contributed by atoms with Crippen LogP contribution in [0.5, 0.6) is 0 Å². The van der Waals surface area contributed by atoms with E-state index in [0.717, 1.165) is 45.0 Å². The largest absolute Gasteiger partial charge is 0.251 e. The molecule has 0 fully saturated rings. The summed E-state index contributed by atoms with van der Waals surface area (Å²) in [6.07, 6.45) is 3.74. The van der Waals surface area contributed by atoms with Crippen molar-refractivity contribution in [1.82, 2.24) is 9.97 Å². The van der Waals surface area contributed by atoms with Crippen LogP contribution in [0.1, 0.15) is 33.6 Å². The van der Waals surface area contributed by atoms with Gasteiger partial charge in [0.1, 0.15) is 0 Å². The minimum atomic E-state index is 0.934. The van der Waals surface area contributed by atoms with Crippen LogP contribution in [-0.2, 0) is 0 Å². The van der Waals surface area contributed by atoms with Crippen LogP contribution in [0.2, 0.25) is 0 Å². The van der Waals surface area contributed by atoms with E-state index in [-0.39, 0.29) is 0 Å². The number of nitrogens with zero attached hydrogens (tertiary/aromatic N) is 2. The second kappa shape index (κ2) is 5.41. The molecule has 0 saturated heterocycles. The molecular formula is C18H20N2.